The van der Waals surface area contributed by atoms with E-state index in [2.05, 4.69) is 10.6 Å². The highest BCUT2D eigenvalue weighted by Crippen LogP contribution is 2.46. The number of nitro groups is 1. The highest BCUT2D eigenvalue weighted by Gasteiger charge is 2.58. The number of amides is 1. The van der Waals surface area contributed by atoms with Gasteiger partial charge in [0.25, 0.3) is 5.69 Å². The Kier molecular flexibility index (Phi) is 5.41. The Bertz CT molecular complexity index is 1150. The van der Waals surface area contributed by atoms with Gasteiger partial charge in [-0.2, -0.15) is 0 Å². The SMILES string of the molecule is CNc1ccc([N+](=O)[O-])c2c1C(=O)C(O)(c1cc(C)c(C)cc1NC(=O)C(C)C)C2=O. The molecule has 9 nitrogen and oxygen atoms in total. The predicted molar refractivity (Wildman–Crippen MR) is 115 cm³/mol. The number of aryl methyl sites for hydroxylation is 2. The van der Waals surface area contributed by atoms with Gasteiger partial charge in [0.1, 0.15) is 5.56 Å². The topological polar surface area (TPSA) is 139 Å². The normalized spacial score (nSPS) is 17.6. The van der Waals surface area contributed by atoms with Crippen molar-refractivity contribution in [2.45, 2.75) is 33.3 Å². The number of nitro benzene ring substituents is 1. The maximum atomic E-state index is 13.4. The van der Waals surface area contributed by atoms with Gasteiger partial charge in [-0.1, -0.05) is 13.8 Å². The van der Waals surface area contributed by atoms with E-state index < -0.39 is 39.3 Å². The molecule has 0 saturated carbocycles. The summed E-state index contributed by atoms with van der Waals surface area (Å²) in [6.07, 6.45) is 0. The van der Waals surface area contributed by atoms with Crippen LogP contribution in [0.3, 0.4) is 0 Å². The van der Waals surface area contributed by atoms with Gasteiger partial charge >= 0.3 is 0 Å². The lowest BCUT2D eigenvalue weighted by molar-refractivity contribution is -0.385. The molecule has 31 heavy (non-hydrogen) atoms. The largest absolute Gasteiger partial charge is 0.388 e. The molecule has 1 aliphatic carbocycles. The number of rotatable bonds is 5. The maximum absolute atomic E-state index is 13.4. The van der Waals surface area contributed by atoms with E-state index in [1.807, 2.05) is 0 Å². The van der Waals surface area contributed by atoms with Gasteiger partial charge in [0.2, 0.25) is 23.1 Å². The second-order valence-corrected chi connectivity index (χ2v) is 7.88. The van der Waals surface area contributed by atoms with Gasteiger partial charge in [0.15, 0.2) is 0 Å². The first-order valence-electron chi connectivity index (χ1n) is 9.68. The Balaban J connectivity index is 2.31. The summed E-state index contributed by atoms with van der Waals surface area (Å²) in [6, 6.07) is 5.46. The molecule has 1 atom stereocenters. The predicted octanol–water partition coefficient (Wildman–Crippen LogP) is 3.11. The lowest BCUT2D eigenvalue weighted by Crippen LogP contribution is -2.39. The van der Waals surface area contributed by atoms with E-state index in [1.165, 1.54) is 19.2 Å². The Morgan fingerprint density at radius 3 is 2.19 bits per heavy atom. The molecule has 2 aromatic carbocycles. The first-order valence-corrected chi connectivity index (χ1v) is 9.68. The van der Waals surface area contributed by atoms with Crippen molar-refractivity contribution in [1.29, 1.82) is 0 Å². The van der Waals surface area contributed by atoms with E-state index in [4.69, 9.17) is 0 Å². The lowest BCUT2D eigenvalue weighted by Gasteiger charge is -2.25. The number of carbonyl (C=O) groups excluding carboxylic acids is 3. The van der Waals surface area contributed by atoms with E-state index in [0.717, 1.165) is 11.6 Å². The van der Waals surface area contributed by atoms with Crippen LogP contribution in [-0.4, -0.2) is 34.6 Å². The van der Waals surface area contributed by atoms with Gasteiger partial charge in [-0.25, -0.2) is 0 Å². The zero-order chi connectivity index (χ0) is 23.2. The molecule has 0 fully saturated rings. The van der Waals surface area contributed by atoms with Crippen molar-refractivity contribution < 1.29 is 24.4 Å². The minimum Gasteiger partial charge on any atom is -0.388 e. The number of hydrogen-bond donors (Lipinski definition) is 3. The molecular weight excluding hydrogens is 402 g/mol. The van der Waals surface area contributed by atoms with E-state index in [1.54, 1.807) is 33.8 Å². The van der Waals surface area contributed by atoms with Gasteiger partial charge in [0.05, 0.1) is 10.5 Å². The number of hydrogen-bond acceptors (Lipinski definition) is 7. The minimum atomic E-state index is -2.71. The highest BCUT2D eigenvalue weighted by molar-refractivity contribution is 6.35. The third kappa shape index (κ3) is 3.27. The number of ketones is 2. The molecule has 1 amide bonds. The molecule has 1 aliphatic rings. The number of fused-ring (bicyclic) bond motifs is 1. The lowest BCUT2D eigenvalue weighted by atomic mass is 9.85. The van der Waals surface area contributed by atoms with E-state index in [-0.39, 0.29) is 28.4 Å². The number of nitrogens with one attached hydrogen (secondary N) is 2. The van der Waals surface area contributed by atoms with Crippen LogP contribution in [-0.2, 0) is 10.4 Å². The van der Waals surface area contributed by atoms with Crippen molar-refractivity contribution in [2.75, 3.05) is 17.7 Å². The molecule has 0 heterocycles. The molecule has 162 valence electrons. The molecule has 0 aromatic heterocycles. The second-order valence-electron chi connectivity index (χ2n) is 7.88. The second kappa shape index (κ2) is 7.59. The third-order valence-electron chi connectivity index (χ3n) is 5.57. The quantitative estimate of drug-likeness (QED) is 0.380. The number of benzene rings is 2. The summed E-state index contributed by atoms with van der Waals surface area (Å²) >= 11 is 0. The van der Waals surface area contributed by atoms with E-state index in [0.29, 0.717) is 5.56 Å². The highest BCUT2D eigenvalue weighted by atomic mass is 16.6. The Morgan fingerprint density at radius 1 is 1.06 bits per heavy atom. The van der Waals surface area contributed by atoms with Crippen LogP contribution in [0.25, 0.3) is 0 Å². The maximum Gasteiger partial charge on any atom is 0.281 e. The molecular formula is C22H23N3O6. The summed E-state index contributed by atoms with van der Waals surface area (Å²) in [5.74, 6) is -2.85. The summed E-state index contributed by atoms with van der Waals surface area (Å²) < 4.78 is 0. The summed E-state index contributed by atoms with van der Waals surface area (Å²) in [6.45, 7) is 6.87. The molecule has 0 aliphatic heterocycles. The van der Waals surface area contributed by atoms with Crippen LogP contribution < -0.4 is 10.6 Å². The average Bonchev–Trinajstić information content (AvgIpc) is 2.92. The molecule has 2 aromatic rings. The first-order chi connectivity index (χ1) is 14.4. The first kappa shape index (κ1) is 22.1. The molecule has 1 unspecified atom stereocenters. The fourth-order valence-electron chi connectivity index (χ4n) is 3.62. The standard InChI is InChI=1S/C22H23N3O6/c1-10(2)21(28)24-15-9-12(4)11(3)8-13(15)22(29)19(26)17-14(23-5)6-7-16(25(30)31)18(17)20(22)27/h6-10,23,29H,1-5H3,(H,24,28). The summed E-state index contributed by atoms with van der Waals surface area (Å²) in [4.78, 5) is 49.9. The Morgan fingerprint density at radius 2 is 1.65 bits per heavy atom. The minimum absolute atomic E-state index is 0.104. The van der Waals surface area contributed by atoms with Crippen molar-refractivity contribution in [3.05, 3.63) is 62.2 Å². The molecule has 9 heteroatoms. The zero-order valence-electron chi connectivity index (χ0n) is 17.8. The number of carbonyl (C=O) groups is 3. The Labute approximate surface area is 178 Å². The van der Waals surface area contributed by atoms with Gasteiger partial charge in [-0.05, 0) is 43.2 Å². The molecule has 0 bridgehead atoms. The van der Waals surface area contributed by atoms with Crippen LogP contribution >= 0.6 is 0 Å². The zero-order valence-corrected chi connectivity index (χ0v) is 17.8. The van der Waals surface area contributed by atoms with E-state index >= 15 is 0 Å². The van der Waals surface area contributed by atoms with Gasteiger partial charge in [0, 0.05) is 36.0 Å². The number of nitrogens with zero attached hydrogens (tertiary/aromatic N) is 1. The van der Waals surface area contributed by atoms with Crippen molar-refractivity contribution in [3.63, 3.8) is 0 Å². The fraction of sp³-hybridized carbons (Fsp3) is 0.318. The van der Waals surface area contributed by atoms with Gasteiger partial charge in [-0.15, -0.1) is 0 Å². The monoisotopic (exact) mass is 425 g/mol. The van der Waals surface area contributed by atoms with E-state index in [9.17, 15) is 29.6 Å². The van der Waals surface area contributed by atoms with Crippen molar-refractivity contribution >= 4 is 34.5 Å². The van der Waals surface area contributed by atoms with Gasteiger partial charge < -0.3 is 15.7 Å². The van der Waals surface area contributed by atoms with Crippen molar-refractivity contribution in [3.8, 4) is 0 Å². The fourth-order valence-corrected chi connectivity index (χ4v) is 3.62. The van der Waals surface area contributed by atoms with Crippen LogP contribution in [0, 0.1) is 29.9 Å². The number of Topliss-reactive ketones (excluding diaryl/α,β-unsaturated/α-hetero) is 2. The van der Waals surface area contributed by atoms with Crippen LogP contribution in [0.5, 0.6) is 0 Å². The molecule has 0 saturated heterocycles. The van der Waals surface area contributed by atoms with Crippen LogP contribution in [0.2, 0.25) is 0 Å². The van der Waals surface area contributed by atoms with Crippen LogP contribution in [0.15, 0.2) is 24.3 Å². The number of anilines is 2. The van der Waals surface area contributed by atoms with Crippen molar-refractivity contribution in [2.24, 2.45) is 5.92 Å². The summed E-state index contributed by atoms with van der Waals surface area (Å²) in [5, 5.41) is 28.4. The van der Waals surface area contributed by atoms with Gasteiger partial charge in [-0.3, -0.25) is 24.5 Å². The summed E-state index contributed by atoms with van der Waals surface area (Å²) in [7, 11) is 1.50. The van der Waals surface area contributed by atoms with Crippen LogP contribution in [0.4, 0.5) is 17.1 Å². The molecule has 3 rings (SSSR count). The Hall–Kier alpha value is -3.59. The molecule has 3 N–H and O–H groups in total. The third-order valence-corrected chi connectivity index (χ3v) is 5.57. The molecule has 0 spiro atoms. The molecule has 0 radical (unpaired) electrons. The number of aliphatic hydroxyl groups is 1. The van der Waals surface area contributed by atoms with Crippen LogP contribution in [0.1, 0.15) is 51.3 Å². The van der Waals surface area contributed by atoms with Crippen molar-refractivity contribution in [1.82, 2.24) is 0 Å². The average molecular weight is 425 g/mol. The smallest absolute Gasteiger partial charge is 0.281 e. The summed E-state index contributed by atoms with van der Waals surface area (Å²) in [5.41, 5.74) is -2.37.